The Morgan fingerprint density at radius 2 is 1.93 bits per heavy atom. The third kappa shape index (κ3) is 5.08. The normalized spacial score (nSPS) is 21.3. The van der Waals surface area contributed by atoms with Gasteiger partial charge < -0.3 is 10.4 Å². The molecule has 152 valence electrons. The van der Waals surface area contributed by atoms with Crippen LogP contribution in [0.2, 0.25) is 0 Å². The summed E-state index contributed by atoms with van der Waals surface area (Å²) >= 11 is 0. The third-order valence-electron chi connectivity index (χ3n) is 4.18. The first-order valence-corrected chi connectivity index (χ1v) is 8.48. The topological polar surface area (TPSA) is 70.9 Å². The van der Waals surface area contributed by atoms with Gasteiger partial charge in [-0.05, 0) is 19.8 Å². The Kier molecular flexibility index (Phi) is 6.33. The van der Waals surface area contributed by atoms with Crippen molar-refractivity contribution < 1.29 is 31.4 Å². The molecule has 0 saturated heterocycles. The van der Waals surface area contributed by atoms with Gasteiger partial charge in [-0.25, -0.2) is 18.2 Å². The molecule has 1 aromatic heterocycles. The summed E-state index contributed by atoms with van der Waals surface area (Å²) in [6.45, 7) is 2.74. The minimum atomic E-state index is -4.57. The van der Waals surface area contributed by atoms with Gasteiger partial charge in [0.15, 0.2) is 11.9 Å². The van der Waals surface area contributed by atoms with Crippen LogP contribution in [-0.2, 0) is 6.42 Å². The zero-order chi connectivity index (χ0) is 20.4. The molecule has 0 fully saturated rings. The van der Waals surface area contributed by atoms with E-state index in [2.05, 4.69) is 20.3 Å². The molecule has 2 atom stereocenters. The summed E-state index contributed by atoms with van der Waals surface area (Å²) in [5, 5.41) is 11.5. The van der Waals surface area contributed by atoms with Gasteiger partial charge in [-0.1, -0.05) is 13.3 Å². The van der Waals surface area contributed by atoms with Crippen molar-refractivity contribution in [1.29, 1.82) is 0 Å². The zero-order valence-corrected chi connectivity index (χ0v) is 14.7. The largest absolute Gasteiger partial charge is 0.408 e. The van der Waals surface area contributed by atoms with E-state index < -0.39 is 48.9 Å². The van der Waals surface area contributed by atoms with Gasteiger partial charge >= 0.3 is 6.18 Å². The van der Waals surface area contributed by atoms with Gasteiger partial charge in [0.05, 0.1) is 0 Å². The Bertz CT molecular complexity index is 707. The van der Waals surface area contributed by atoms with Crippen LogP contribution in [0.4, 0.5) is 32.3 Å². The highest BCUT2D eigenvalue weighted by molar-refractivity contribution is 5.65. The zero-order valence-electron chi connectivity index (χ0n) is 14.7. The minimum Gasteiger partial charge on any atom is -0.380 e. The van der Waals surface area contributed by atoms with Gasteiger partial charge in [-0.15, -0.1) is 0 Å². The lowest BCUT2D eigenvalue weighted by Gasteiger charge is -2.27. The predicted molar refractivity (Wildman–Crippen MR) is 85.8 cm³/mol. The summed E-state index contributed by atoms with van der Waals surface area (Å²) in [4.78, 5) is 11.7. The molecule has 27 heavy (non-hydrogen) atoms. The van der Waals surface area contributed by atoms with Gasteiger partial charge in [0.25, 0.3) is 5.92 Å². The maximum atomic E-state index is 14.2. The summed E-state index contributed by atoms with van der Waals surface area (Å²) in [7, 11) is 0. The van der Waals surface area contributed by atoms with E-state index in [1.54, 1.807) is 0 Å². The molecule has 0 unspecified atom stereocenters. The molecular formula is C16H20F6N4O. The SMILES string of the molecule is CCCCc1nc(N[C@H](C)C(F)(F)F)nc(C2=C(F)[C@@H](O)C(F)(F)CC2)n1. The third-order valence-corrected chi connectivity index (χ3v) is 4.18. The second-order valence-corrected chi connectivity index (χ2v) is 6.40. The van der Waals surface area contributed by atoms with E-state index in [4.69, 9.17) is 0 Å². The molecule has 11 heteroatoms. The van der Waals surface area contributed by atoms with E-state index in [1.807, 2.05) is 6.92 Å². The number of unbranched alkanes of at least 4 members (excludes halogenated alkanes) is 1. The molecule has 0 aromatic carbocycles. The monoisotopic (exact) mass is 398 g/mol. The maximum Gasteiger partial charge on any atom is 0.408 e. The Labute approximate surface area is 151 Å². The number of hydrogen-bond acceptors (Lipinski definition) is 5. The Morgan fingerprint density at radius 3 is 2.52 bits per heavy atom. The lowest BCUT2D eigenvalue weighted by molar-refractivity contribution is -0.138. The minimum absolute atomic E-state index is 0.117. The van der Waals surface area contributed by atoms with E-state index in [9.17, 15) is 31.4 Å². The van der Waals surface area contributed by atoms with Crippen LogP contribution in [0.1, 0.15) is 51.2 Å². The number of nitrogens with zero attached hydrogens (tertiary/aromatic N) is 3. The summed E-state index contributed by atoms with van der Waals surface area (Å²) in [5.41, 5.74) is -0.351. The Hall–Kier alpha value is -1.91. The highest BCUT2D eigenvalue weighted by atomic mass is 19.4. The van der Waals surface area contributed by atoms with Gasteiger partial charge in [-0.2, -0.15) is 23.1 Å². The van der Waals surface area contributed by atoms with Crippen molar-refractivity contribution in [1.82, 2.24) is 15.0 Å². The van der Waals surface area contributed by atoms with Crippen LogP contribution in [0.15, 0.2) is 5.83 Å². The van der Waals surface area contributed by atoms with Crippen molar-refractivity contribution in [2.24, 2.45) is 0 Å². The van der Waals surface area contributed by atoms with Gasteiger partial charge in [0.2, 0.25) is 5.95 Å². The fraction of sp³-hybridized carbons (Fsp3) is 0.688. The molecule has 0 aliphatic heterocycles. The number of allylic oxidation sites excluding steroid dienone is 1. The van der Waals surface area contributed by atoms with Crippen LogP contribution < -0.4 is 5.32 Å². The van der Waals surface area contributed by atoms with Crippen molar-refractivity contribution in [2.75, 3.05) is 5.32 Å². The number of nitrogens with one attached hydrogen (secondary N) is 1. The molecule has 1 heterocycles. The summed E-state index contributed by atoms with van der Waals surface area (Å²) < 4.78 is 79.5. The average Bonchev–Trinajstić information content (AvgIpc) is 2.57. The molecular weight excluding hydrogens is 378 g/mol. The van der Waals surface area contributed by atoms with Gasteiger partial charge in [-0.3, -0.25) is 0 Å². The number of aliphatic hydroxyl groups is 1. The fourth-order valence-electron chi connectivity index (χ4n) is 2.46. The van der Waals surface area contributed by atoms with Crippen molar-refractivity contribution in [3.63, 3.8) is 0 Å². The smallest absolute Gasteiger partial charge is 0.380 e. The van der Waals surface area contributed by atoms with E-state index >= 15 is 0 Å². The molecule has 1 aliphatic carbocycles. The summed E-state index contributed by atoms with van der Waals surface area (Å²) in [6.07, 6.45) is -6.80. The van der Waals surface area contributed by atoms with E-state index in [1.165, 1.54) is 0 Å². The standard InChI is InChI=1S/C16H20F6N4O/c1-3-4-5-10-24-13(9-6-7-15(18,19)12(27)11(9)17)26-14(25-10)23-8(2)16(20,21)22/h8,12,27H,3-7H2,1-2H3,(H,23,24,25,26)/t8-,12-/m1/s1. The second-order valence-electron chi connectivity index (χ2n) is 6.40. The number of aryl methyl sites for hydroxylation is 1. The molecule has 2 rings (SSSR count). The number of halogens is 6. The lowest BCUT2D eigenvalue weighted by atomic mass is 9.92. The van der Waals surface area contributed by atoms with Crippen LogP contribution in [0.25, 0.3) is 5.57 Å². The summed E-state index contributed by atoms with van der Waals surface area (Å²) in [6, 6.07) is -1.98. The first-order chi connectivity index (χ1) is 12.5. The van der Waals surface area contributed by atoms with Crippen LogP contribution in [0, 0.1) is 0 Å². The summed E-state index contributed by atoms with van der Waals surface area (Å²) in [5.74, 6) is -5.76. The van der Waals surface area contributed by atoms with Crippen molar-refractivity contribution >= 4 is 11.5 Å². The lowest BCUT2D eigenvalue weighted by Crippen LogP contribution is -2.37. The van der Waals surface area contributed by atoms with E-state index in [-0.39, 0.29) is 17.2 Å². The number of hydrogen-bond donors (Lipinski definition) is 2. The molecule has 0 spiro atoms. The number of aliphatic hydroxyl groups excluding tert-OH is 1. The van der Waals surface area contributed by atoms with Crippen molar-refractivity contribution in [2.45, 2.75) is 70.2 Å². The van der Waals surface area contributed by atoms with Gasteiger partial charge in [0, 0.05) is 18.4 Å². The molecule has 2 N–H and O–H groups in total. The van der Waals surface area contributed by atoms with Crippen LogP contribution >= 0.6 is 0 Å². The predicted octanol–water partition coefficient (Wildman–Crippen LogP) is 4.05. The van der Waals surface area contributed by atoms with Crippen molar-refractivity contribution in [3.8, 4) is 0 Å². The first-order valence-electron chi connectivity index (χ1n) is 8.48. The molecule has 0 saturated carbocycles. The maximum absolute atomic E-state index is 14.2. The molecule has 1 aromatic rings. The number of anilines is 1. The fourth-order valence-corrected chi connectivity index (χ4v) is 2.46. The van der Waals surface area contributed by atoms with E-state index in [0.717, 1.165) is 13.3 Å². The Morgan fingerprint density at radius 1 is 1.26 bits per heavy atom. The highest BCUT2D eigenvalue weighted by Gasteiger charge is 2.46. The molecule has 0 amide bonds. The molecule has 0 radical (unpaired) electrons. The first kappa shape index (κ1) is 21.4. The van der Waals surface area contributed by atoms with Crippen LogP contribution in [-0.4, -0.2) is 44.3 Å². The van der Waals surface area contributed by atoms with Crippen LogP contribution in [0.3, 0.4) is 0 Å². The number of alkyl halides is 5. The van der Waals surface area contributed by atoms with Crippen molar-refractivity contribution in [3.05, 3.63) is 17.5 Å². The molecule has 1 aliphatic rings. The molecule has 0 bridgehead atoms. The highest BCUT2D eigenvalue weighted by Crippen LogP contribution is 2.41. The molecule has 5 nitrogen and oxygen atoms in total. The number of aromatic nitrogens is 3. The average molecular weight is 398 g/mol. The quantitative estimate of drug-likeness (QED) is 0.708. The number of rotatable bonds is 6. The van der Waals surface area contributed by atoms with Gasteiger partial charge in [0.1, 0.15) is 17.7 Å². The Balaban J connectivity index is 2.43. The second kappa shape index (κ2) is 7.99. The van der Waals surface area contributed by atoms with Crippen LogP contribution in [0.5, 0.6) is 0 Å². The van der Waals surface area contributed by atoms with E-state index in [0.29, 0.717) is 12.8 Å².